The van der Waals surface area contributed by atoms with Crippen molar-refractivity contribution < 1.29 is 24.3 Å². The highest BCUT2D eigenvalue weighted by atomic mass is 35.5. The van der Waals surface area contributed by atoms with Gasteiger partial charge < -0.3 is 24.8 Å². The first-order valence-electron chi connectivity index (χ1n) is 11.7. The number of β-amino-alcohol motifs (C(OH)–C–C–N with tert-alkyl or cyclic N) is 1. The second-order valence-electron chi connectivity index (χ2n) is 9.81. The Balaban J connectivity index is 1.66. The highest BCUT2D eigenvalue weighted by Gasteiger charge is 2.37. The molecule has 13 nitrogen and oxygen atoms in total. The van der Waals surface area contributed by atoms with Gasteiger partial charge >= 0.3 is 17.7 Å². The van der Waals surface area contributed by atoms with Crippen molar-refractivity contribution in [2.75, 3.05) is 25.0 Å². The number of piperidine rings is 1. The Morgan fingerprint density at radius 3 is 2.73 bits per heavy atom. The quantitative estimate of drug-likeness (QED) is 0.275. The summed E-state index contributed by atoms with van der Waals surface area (Å²) in [5.41, 5.74) is -0.679. The molecule has 0 aliphatic carbocycles. The van der Waals surface area contributed by atoms with Gasteiger partial charge in [0, 0.05) is 19.0 Å². The fraction of sp³-hybridized carbons (Fsp3) is 0.636. The molecule has 15 heteroatoms. The van der Waals surface area contributed by atoms with Crippen molar-refractivity contribution in [3.05, 3.63) is 32.3 Å². The zero-order chi connectivity index (χ0) is 27.5. The summed E-state index contributed by atoms with van der Waals surface area (Å²) in [6.07, 6.45) is 0.639. The summed E-state index contributed by atoms with van der Waals surface area (Å²) in [4.78, 5) is 32.9. The van der Waals surface area contributed by atoms with Crippen molar-refractivity contribution in [2.45, 2.75) is 71.2 Å². The minimum atomic E-state index is -0.999. The van der Waals surface area contributed by atoms with Crippen molar-refractivity contribution in [3.63, 3.8) is 0 Å². The number of hydrogen-bond donors (Lipinski definition) is 2. The summed E-state index contributed by atoms with van der Waals surface area (Å²) >= 11 is 11.9. The van der Waals surface area contributed by atoms with E-state index in [0.29, 0.717) is 30.2 Å². The number of nitrogens with zero attached hydrogens (tertiary/aromatic N) is 6. The van der Waals surface area contributed by atoms with Crippen LogP contribution in [0.2, 0.25) is 10.3 Å². The van der Waals surface area contributed by atoms with E-state index >= 15 is 0 Å². The summed E-state index contributed by atoms with van der Waals surface area (Å²) < 4.78 is 12.5. The van der Waals surface area contributed by atoms with Crippen molar-refractivity contribution in [2.24, 2.45) is 0 Å². The first kappa shape index (κ1) is 28.7. The summed E-state index contributed by atoms with van der Waals surface area (Å²) in [6.45, 7) is 9.14. The van der Waals surface area contributed by atoms with Crippen molar-refractivity contribution in [1.82, 2.24) is 24.6 Å². The number of hydrogen-bond acceptors (Lipinski definition) is 10. The maximum Gasteiger partial charge on any atom is 0.410 e. The van der Waals surface area contributed by atoms with Crippen LogP contribution in [0.15, 0.2) is 6.20 Å². The molecule has 3 heterocycles. The highest BCUT2D eigenvalue weighted by Crippen LogP contribution is 2.35. The van der Waals surface area contributed by atoms with Crippen LogP contribution in [0.1, 0.15) is 52.3 Å². The molecule has 37 heavy (non-hydrogen) atoms. The van der Waals surface area contributed by atoms with Gasteiger partial charge in [-0.2, -0.15) is 4.98 Å². The Morgan fingerprint density at radius 1 is 1.41 bits per heavy atom. The van der Waals surface area contributed by atoms with Crippen LogP contribution in [-0.4, -0.2) is 78.2 Å². The number of anilines is 1. The number of amides is 1. The van der Waals surface area contributed by atoms with Crippen molar-refractivity contribution in [3.8, 4) is 5.88 Å². The molecule has 1 amide bonds. The first-order chi connectivity index (χ1) is 17.3. The molecule has 204 valence electrons. The number of halogens is 2. The van der Waals surface area contributed by atoms with E-state index in [1.807, 2.05) is 6.92 Å². The Morgan fingerprint density at radius 2 is 2.11 bits per heavy atom. The lowest BCUT2D eigenvalue weighted by Gasteiger charge is -2.36. The third kappa shape index (κ3) is 7.33. The lowest BCUT2D eigenvalue weighted by atomic mass is 10.0. The molecule has 0 bridgehead atoms. The molecule has 3 atom stereocenters. The van der Waals surface area contributed by atoms with Gasteiger partial charge in [-0.3, -0.25) is 14.8 Å². The van der Waals surface area contributed by atoms with Crippen molar-refractivity contribution in [1.29, 1.82) is 0 Å². The number of carbonyl (C=O) groups excluding carboxylic acids is 1. The monoisotopic (exact) mass is 559 g/mol. The van der Waals surface area contributed by atoms with Crippen LogP contribution >= 0.6 is 23.2 Å². The van der Waals surface area contributed by atoms with Crippen LogP contribution in [0, 0.1) is 17.0 Å². The summed E-state index contributed by atoms with van der Waals surface area (Å²) in [6, 6.07) is -0.732. The topological polar surface area (TPSA) is 158 Å². The molecule has 2 aromatic rings. The third-order valence-electron chi connectivity index (χ3n) is 5.67. The number of aromatic nitrogens is 4. The number of ether oxygens (including phenoxy) is 2. The van der Waals surface area contributed by atoms with E-state index in [9.17, 15) is 20.0 Å². The minimum Gasteiger partial charge on any atom is -0.472 e. The lowest BCUT2D eigenvalue weighted by Crippen LogP contribution is -2.49. The molecule has 2 aromatic heterocycles. The largest absolute Gasteiger partial charge is 0.472 e. The number of aliphatic hydroxyl groups excluding tert-OH is 1. The minimum absolute atomic E-state index is 0.0155. The van der Waals surface area contributed by atoms with E-state index in [0.717, 1.165) is 0 Å². The van der Waals surface area contributed by atoms with Gasteiger partial charge in [0.2, 0.25) is 5.28 Å². The fourth-order valence-corrected chi connectivity index (χ4v) is 4.17. The molecule has 1 fully saturated rings. The van der Waals surface area contributed by atoms with Gasteiger partial charge in [-0.1, -0.05) is 11.6 Å². The number of nitrogens with one attached hydrogen (secondary N) is 1. The van der Waals surface area contributed by atoms with Gasteiger partial charge in [0.15, 0.2) is 0 Å². The Bertz CT molecular complexity index is 1140. The van der Waals surface area contributed by atoms with Crippen LogP contribution in [-0.2, 0) is 4.74 Å². The van der Waals surface area contributed by atoms with Crippen molar-refractivity contribution >= 4 is 40.8 Å². The summed E-state index contributed by atoms with van der Waals surface area (Å²) in [5, 5.41) is 30.3. The van der Waals surface area contributed by atoms with Gasteiger partial charge in [0.1, 0.15) is 22.1 Å². The number of aliphatic hydroxyl groups is 1. The predicted octanol–water partition coefficient (Wildman–Crippen LogP) is 4.01. The fourth-order valence-electron chi connectivity index (χ4n) is 3.90. The van der Waals surface area contributed by atoms with E-state index in [4.69, 9.17) is 32.7 Å². The van der Waals surface area contributed by atoms with Gasteiger partial charge in [0.25, 0.3) is 0 Å². The molecule has 0 aromatic carbocycles. The van der Waals surface area contributed by atoms with E-state index in [1.165, 1.54) is 15.8 Å². The molecule has 1 saturated heterocycles. The van der Waals surface area contributed by atoms with Crippen LogP contribution in [0.25, 0.3) is 0 Å². The van der Waals surface area contributed by atoms with Crippen LogP contribution in [0.4, 0.5) is 16.3 Å². The number of carbonyl (C=O) groups is 1. The average Bonchev–Trinajstić information content (AvgIpc) is 3.11. The molecule has 0 spiro atoms. The van der Waals surface area contributed by atoms with E-state index in [-0.39, 0.29) is 41.7 Å². The molecule has 1 aliphatic rings. The van der Waals surface area contributed by atoms with Gasteiger partial charge in [-0.25, -0.2) is 9.78 Å². The van der Waals surface area contributed by atoms with E-state index in [2.05, 4.69) is 20.4 Å². The number of likely N-dealkylation sites (tertiary alicyclic amines) is 1. The van der Waals surface area contributed by atoms with Gasteiger partial charge in [-0.05, 0) is 52.6 Å². The third-order valence-corrected chi connectivity index (χ3v) is 6.13. The zero-order valence-electron chi connectivity index (χ0n) is 21.3. The highest BCUT2D eigenvalue weighted by molar-refractivity contribution is 6.33. The molecular weight excluding hydrogens is 529 g/mol. The molecule has 2 N–H and O–H groups in total. The van der Waals surface area contributed by atoms with Crippen LogP contribution < -0.4 is 10.1 Å². The molecule has 3 rings (SSSR count). The molecule has 0 radical (unpaired) electrons. The van der Waals surface area contributed by atoms with E-state index in [1.54, 1.807) is 27.7 Å². The van der Waals surface area contributed by atoms with Gasteiger partial charge in [0.05, 0.1) is 36.4 Å². The SMILES string of the molecule is Cc1c([N+](=O)[O-])c(OCC[C@@H](C)Nc2nc(Cl)ncc2Cl)nn1C1CCN(C(=O)OC(C)(C)C)CC1O. The maximum absolute atomic E-state index is 12.4. The van der Waals surface area contributed by atoms with Crippen LogP contribution in [0.5, 0.6) is 5.88 Å². The normalized spacial score (nSPS) is 18.9. The summed E-state index contributed by atoms with van der Waals surface area (Å²) in [7, 11) is 0. The molecule has 2 unspecified atom stereocenters. The second-order valence-corrected chi connectivity index (χ2v) is 10.6. The average molecular weight is 560 g/mol. The van der Waals surface area contributed by atoms with Gasteiger partial charge in [-0.15, -0.1) is 5.10 Å². The number of nitro groups is 1. The molecule has 0 saturated carbocycles. The smallest absolute Gasteiger partial charge is 0.410 e. The molecular formula is C22H31Cl2N7O6. The van der Waals surface area contributed by atoms with E-state index < -0.39 is 28.8 Å². The number of rotatable bonds is 8. The predicted molar refractivity (Wildman–Crippen MR) is 136 cm³/mol. The van der Waals surface area contributed by atoms with Crippen LogP contribution in [0.3, 0.4) is 0 Å². The standard InChI is InChI=1S/C22H31Cl2N7O6/c1-12(26-18-14(23)10-25-20(24)27-18)7-9-36-19-17(31(34)35)13(2)30(28-19)15-6-8-29(11-16(15)32)21(33)37-22(3,4)5/h10,12,15-16,32H,6-9,11H2,1-5H3,(H,25,26,27)/t12-,15?,16?/m1/s1. The Labute approximate surface area is 224 Å². The Kier molecular flexibility index (Phi) is 9.03. The molecule has 1 aliphatic heterocycles. The zero-order valence-corrected chi connectivity index (χ0v) is 22.8. The maximum atomic E-state index is 12.4. The summed E-state index contributed by atoms with van der Waals surface area (Å²) in [5.74, 6) is 0.228. The lowest BCUT2D eigenvalue weighted by molar-refractivity contribution is -0.386. The Hall–Kier alpha value is -2.90. The first-order valence-corrected chi connectivity index (χ1v) is 12.5. The second kappa shape index (κ2) is 11.7.